The van der Waals surface area contributed by atoms with Gasteiger partial charge in [0.15, 0.2) is 0 Å². The van der Waals surface area contributed by atoms with Gasteiger partial charge in [-0.2, -0.15) is 5.10 Å². The summed E-state index contributed by atoms with van der Waals surface area (Å²) in [5.74, 6) is 0. The molecule has 0 atom stereocenters. The van der Waals surface area contributed by atoms with Gasteiger partial charge in [-0.15, -0.1) is 0 Å². The SMILES string of the molecule is NC(=S)CC1(Cn2cc(-c3ccccc3)cn2)CC1. The molecule has 0 radical (unpaired) electrons. The Bertz CT molecular complexity index is 584. The summed E-state index contributed by atoms with van der Waals surface area (Å²) in [7, 11) is 0. The predicted molar refractivity (Wildman–Crippen MR) is 80.7 cm³/mol. The molecular weight excluding hydrogens is 254 g/mol. The highest BCUT2D eigenvalue weighted by Gasteiger charge is 2.43. The fourth-order valence-corrected chi connectivity index (χ4v) is 2.82. The third kappa shape index (κ3) is 2.84. The van der Waals surface area contributed by atoms with Gasteiger partial charge in [-0.05, 0) is 23.8 Å². The summed E-state index contributed by atoms with van der Waals surface area (Å²) in [6.07, 6.45) is 7.26. The monoisotopic (exact) mass is 271 g/mol. The highest BCUT2D eigenvalue weighted by atomic mass is 32.1. The molecule has 0 spiro atoms. The van der Waals surface area contributed by atoms with Gasteiger partial charge >= 0.3 is 0 Å². The van der Waals surface area contributed by atoms with Crippen LogP contribution in [0, 0.1) is 5.41 Å². The number of hydrogen-bond acceptors (Lipinski definition) is 2. The van der Waals surface area contributed by atoms with E-state index in [0.29, 0.717) is 4.99 Å². The Morgan fingerprint density at radius 2 is 2.00 bits per heavy atom. The number of rotatable bonds is 5. The first-order valence-electron chi connectivity index (χ1n) is 6.53. The minimum Gasteiger partial charge on any atom is -0.393 e. The molecular formula is C15H17N3S. The fraction of sp³-hybridized carbons (Fsp3) is 0.333. The topological polar surface area (TPSA) is 43.8 Å². The molecule has 19 heavy (non-hydrogen) atoms. The largest absolute Gasteiger partial charge is 0.393 e. The maximum absolute atomic E-state index is 5.67. The molecule has 98 valence electrons. The summed E-state index contributed by atoms with van der Waals surface area (Å²) in [6, 6.07) is 10.3. The van der Waals surface area contributed by atoms with Crippen LogP contribution in [0.15, 0.2) is 42.7 Å². The Hall–Kier alpha value is -1.68. The zero-order valence-corrected chi connectivity index (χ0v) is 11.6. The average Bonchev–Trinajstić information content (AvgIpc) is 2.97. The first-order chi connectivity index (χ1) is 9.17. The molecule has 0 unspecified atom stereocenters. The minimum absolute atomic E-state index is 0.270. The Kier molecular flexibility index (Phi) is 3.11. The van der Waals surface area contributed by atoms with Crippen LogP contribution in [-0.4, -0.2) is 14.8 Å². The molecule has 0 saturated heterocycles. The Morgan fingerprint density at radius 1 is 1.26 bits per heavy atom. The molecule has 0 bridgehead atoms. The number of thiocarbonyl (C=S) groups is 1. The zero-order valence-electron chi connectivity index (χ0n) is 10.7. The van der Waals surface area contributed by atoms with Crippen molar-refractivity contribution < 1.29 is 0 Å². The van der Waals surface area contributed by atoms with Crippen molar-refractivity contribution in [3.63, 3.8) is 0 Å². The van der Waals surface area contributed by atoms with Gasteiger partial charge < -0.3 is 5.73 Å². The van der Waals surface area contributed by atoms with Crippen LogP contribution in [0.2, 0.25) is 0 Å². The molecule has 1 aliphatic rings. The molecule has 2 aromatic rings. The third-order valence-electron chi connectivity index (χ3n) is 3.74. The fourth-order valence-electron chi connectivity index (χ4n) is 2.51. The van der Waals surface area contributed by atoms with Gasteiger partial charge in [0.1, 0.15) is 0 Å². The molecule has 1 aromatic carbocycles. The summed E-state index contributed by atoms with van der Waals surface area (Å²) in [5.41, 5.74) is 8.30. The highest BCUT2D eigenvalue weighted by Crippen LogP contribution is 2.50. The maximum Gasteiger partial charge on any atom is 0.0733 e. The van der Waals surface area contributed by atoms with Gasteiger partial charge in [0.05, 0.1) is 11.2 Å². The standard InChI is InChI=1S/C15H17N3S/c16-14(19)8-15(6-7-15)11-18-10-13(9-17-18)12-4-2-1-3-5-12/h1-5,9-10H,6-8,11H2,(H2,16,19). The molecule has 2 N–H and O–H groups in total. The van der Waals surface area contributed by atoms with E-state index in [1.54, 1.807) is 0 Å². The van der Waals surface area contributed by atoms with Crippen molar-refractivity contribution in [2.75, 3.05) is 0 Å². The lowest BCUT2D eigenvalue weighted by Crippen LogP contribution is -2.20. The van der Waals surface area contributed by atoms with Crippen molar-refractivity contribution in [1.29, 1.82) is 0 Å². The second kappa shape index (κ2) is 4.78. The molecule has 1 heterocycles. The highest BCUT2D eigenvalue weighted by molar-refractivity contribution is 7.80. The second-order valence-electron chi connectivity index (χ2n) is 5.44. The smallest absolute Gasteiger partial charge is 0.0733 e. The minimum atomic E-state index is 0.270. The number of nitrogens with zero attached hydrogens (tertiary/aromatic N) is 2. The number of benzene rings is 1. The summed E-state index contributed by atoms with van der Waals surface area (Å²) < 4.78 is 2.02. The quantitative estimate of drug-likeness (QED) is 0.850. The van der Waals surface area contributed by atoms with Gasteiger partial charge in [0.2, 0.25) is 0 Å². The van der Waals surface area contributed by atoms with Crippen LogP contribution in [-0.2, 0) is 6.54 Å². The molecule has 1 fully saturated rings. The van der Waals surface area contributed by atoms with E-state index < -0.39 is 0 Å². The van der Waals surface area contributed by atoms with E-state index in [9.17, 15) is 0 Å². The molecule has 1 aromatic heterocycles. The van der Waals surface area contributed by atoms with E-state index in [2.05, 4.69) is 23.4 Å². The summed E-state index contributed by atoms with van der Waals surface area (Å²) >= 11 is 5.03. The van der Waals surface area contributed by atoms with Crippen molar-refractivity contribution >= 4 is 17.2 Å². The Labute approximate surface area is 118 Å². The van der Waals surface area contributed by atoms with E-state index in [1.807, 2.05) is 29.1 Å². The first-order valence-corrected chi connectivity index (χ1v) is 6.94. The van der Waals surface area contributed by atoms with Gasteiger partial charge in [0, 0.05) is 24.7 Å². The van der Waals surface area contributed by atoms with Gasteiger partial charge in [-0.3, -0.25) is 4.68 Å². The summed E-state index contributed by atoms with van der Waals surface area (Å²) in [6.45, 7) is 0.914. The number of hydrogen-bond donors (Lipinski definition) is 1. The van der Waals surface area contributed by atoms with Crippen molar-refractivity contribution in [2.45, 2.75) is 25.8 Å². The molecule has 1 saturated carbocycles. The first kappa shape index (κ1) is 12.4. The lowest BCUT2D eigenvalue weighted by molar-refractivity contribution is 0.411. The third-order valence-corrected chi connectivity index (χ3v) is 3.89. The lowest BCUT2D eigenvalue weighted by Gasteiger charge is -2.13. The number of aromatic nitrogens is 2. The Balaban J connectivity index is 1.74. The second-order valence-corrected chi connectivity index (χ2v) is 5.96. The van der Waals surface area contributed by atoms with Crippen LogP contribution in [0.3, 0.4) is 0 Å². The molecule has 3 nitrogen and oxygen atoms in total. The average molecular weight is 271 g/mol. The van der Waals surface area contributed by atoms with Crippen molar-refractivity contribution in [3.8, 4) is 11.1 Å². The normalized spacial score (nSPS) is 16.2. The van der Waals surface area contributed by atoms with Gasteiger partial charge in [-0.25, -0.2) is 0 Å². The summed E-state index contributed by atoms with van der Waals surface area (Å²) in [4.78, 5) is 0.618. The van der Waals surface area contributed by atoms with Crippen molar-refractivity contribution in [3.05, 3.63) is 42.7 Å². The van der Waals surface area contributed by atoms with E-state index in [4.69, 9.17) is 18.0 Å². The molecule has 1 aliphatic carbocycles. The van der Waals surface area contributed by atoms with Crippen LogP contribution in [0.1, 0.15) is 19.3 Å². The molecule has 4 heteroatoms. The van der Waals surface area contributed by atoms with Gasteiger partial charge in [0.25, 0.3) is 0 Å². The van der Waals surface area contributed by atoms with Crippen LogP contribution in [0.25, 0.3) is 11.1 Å². The zero-order chi connectivity index (χ0) is 13.3. The predicted octanol–water partition coefficient (Wildman–Crippen LogP) is 3.01. The van der Waals surface area contributed by atoms with E-state index >= 15 is 0 Å². The molecule has 0 aliphatic heterocycles. The maximum atomic E-state index is 5.67. The molecule has 3 rings (SSSR count). The van der Waals surface area contributed by atoms with E-state index in [1.165, 1.54) is 18.4 Å². The molecule has 0 amide bonds. The van der Waals surface area contributed by atoms with Crippen molar-refractivity contribution in [1.82, 2.24) is 9.78 Å². The lowest BCUT2D eigenvalue weighted by atomic mass is 10.0. The number of nitrogens with two attached hydrogens (primary N) is 1. The van der Waals surface area contributed by atoms with E-state index in [0.717, 1.165) is 18.5 Å². The van der Waals surface area contributed by atoms with Gasteiger partial charge in [-0.1, -0.05) is 42.5 Å². The van der Waals surface area contributed by atoms with Crippen LogP contribution < -0.4 is 5.73 Å². The summed E-state index contributed by atoms with van der Waals surface area (Å²) in [5, 5.41) is 4.46. The van der Waals surface area contributed by atoms with Crippen LogP contribution >= 0.6 is 12.2 Å². The van der Waals surface area contributed by atoms with Crippen LogP contribution in [0.5, 0.6) is 0 Å². The van der Waals surface area contributed by atoms with E-state index in [-0.39, 0.29) is 5.41 Å². The Morgan fingerprint density at radius 3 is 2.63 bits per heavy atom. The van der Waals surface area contributed by atoms with Crippen molar-refractivity contribution in [2.24, 2.45) is 11.1 Å². The van der Waals surface area contributed by atoms with Crippen LogP contribution in [0.4, 0.5) is 0 Å².